The highest BCUT2D eigenvalue weighted by Gasteiger charge is 2.33. The first-order valence-corrected chi connectivity index (χ1v) is 7.39. The van der Waals surface area contributed by atoms with Gasteiger partial charge >= 0.3 is 5.97 Å². The molecule has 1 heterocycles. The molecule has 1 fully saturated rings. The zero-order chi connectivity index (χ0) is 17.3. The molecule has 3 rings (SSSR count). The Morgan fingerprint density at radius 2 is 1.96 bits per heavy atom. The molecule has 2 aromatic rings. The van der Waals surface area contributed by atoms with Crippen LogP contribution in [0.2, 0.25) is 0 Å². The average Bonchev–Trinajstić information content (AvgIpc) is 2.54. The number of aliphatic carboxylic acids is 1. The monoisotopic (exact) mass is 326 g/mol. The summed E-state index contributed by atoms with van der Waals surface area (Å²) in [6, 6.07) is 12.0. The summed E-state index contributed by atoms with van der Waals surface area (Å²) >= 11 is 0. The summed E-state index contributed by atoms with van der Waals surface area (Å²) in [6.07, 6.45) is 0. The number of halogens is 1. The van der Waals surface area contributed by atoms with Gasteiger partial charge in [0.05, 0.1) is 24.3 Å². The van der Waals surface area contributed by atoms with Crippen molar-refractivity contribution in [3.8, 4) is 22.9 Å². The van der Waals surface area contributed by atoms with Gasteiger partial charge in [0.1, 0.15) is 6.07 Å². The number of nitriles is 1. The van der Waals surface area contributed by atoms with Gasteiger partial charge in [0.25, 0.3) is 0 Å². The molecule has 0 saturated carbocycles. The molecule has 0 spiro atoms. The van der Waals surface area contributed by atoms with E-state index in [2.05, 4.69) is 6.07 Å². The van der Waals surface area contributed by atoms with E-state index in [4.69, 9.17) is 9.84 Å². The Morgan fingerprint density at radius 3 is 2.58 bits per heavy atom. The molecule has 24 heavy (non-hydrogen) atoms. The molecular formula is C18H15FN2O3. The van der Waals surface area contributed by atoms with Gasteiger partial charge in [0.15, 0.2) is 11.6 Å². The van der Waals surface area contributed by atoms with E-state index >= 15 is 0 Å². The van der Waals surface area contributed by atoms with Crippen molar-refractivity contribution in [2.45, 2.75) is 0 Å². The topological polar surface area (TPSA) is 73.6 Å². The largest absolute Gasteiger partial charge is 0.494 e. The van der Waals surface area contributed by atoms with Crippen LogP contribution in [0.5, 0.6) is 5.75 Å². The first-order valence-electron chi connectivity index (χ1n) is 7.39. The van der Waals surface area contributed by atoms with E-state index in [1.54, 1.807) is 24.3 Å². The highest BCUT2D eigenvalue weighted by atomic mass is 19.1. The third kappa shape index (κ3) is 2.76. The number of methoxy groups -OCH3 is 1. The predicted octanol–water partition coefficient (Wildman–Crippen LogP) is 2.89. The lowest BCUT2D eigenvalue weighted by Crippen LogP contribution is -2.50. The van der Waals surface area contributed by atoms with Crippen molar-refractivity contribution in [3.05, 3.63) is 47.8 Å². The van der Waals surface area contributed by atoms with Crippen LogP contribution in [0.3, 0.4) is 0 Å². The number of rotatable bonds is 4. The minimum atomic E-state index is -0.820. The molecule has 1 aliphatic rings. The lowest BCUT2D eigenvalue weighted by molar-refractivity contribution is -0.142. The van der Waals surface area contributed by atoms with E-state index in [1.165, 1.54) is 13.2 Å². The molecule has 0 radical (unpaired) electrons. The maximum absolute atomic E-state index is 13.5. The van der Waals surface area contributed by atoms with Gasteiger partial charge in [-0.15, -0.1) is 0 Å². The fraction of sp³-hybridized carbons (Fsp3) is 0.222. The molecule has 6 heteroatoms. The van der Waals surface area contributed by atoms with Crippen molar-refractivity contribution in [2.75, 3.05) is 25.1 Å². The highest BCUT2D eigenvalue weighted by molar-refractivity contribution is 5.77. The number of nitrogens with zero attached hydrogens (tertiary/aromatic N) is 2. The molecule has 2 aromatic carbocycles. The normalized spacial score (nSPS) is 14.0. The Bertz CT molecular complexity index is 839. The molecule has 0 amide bonds. The van der Waals surface area contributed by atoms with E-state index in [0.29, 0.717) is 24.3 Å². The van der Waals surface area contributed by atoms with Crippen molar-refractivity contribution in [3.63, 3.8) is 0 Å². The lowest BCUT2D eigenvalue weighted by atomic mass is 9.96. The van der Waals surface area contributed by atoms with Gasteiger partial charge in [0.2, 0.25) is 0 Å². The number of hydrogen-bond acceptors (Lipinski definition) is 4. The summed E-state index contributed by atoms with van der Waals surface area (Å²) in [5, 5.41) is 18.4. The van der Waals surface area contributed by atoms with E-state index in [0.717, 1.165) is 11.1 Å². The molecule has 1 N–H and O–H groups in total. The number of benzene rings is 2. The Labute approximate surface area is 138 Å². The Morgan fingerprint density at radius 1 is 1.29 bits per heavy atom. The van der Waals surface area contributed by atoms with Crippen LogP contribution in [-0.4, -0.2) is 31.3 Å². The van der Waals surface area contributed by atoms with Crippen molar-refractivity contribution in [1.29, 1.82) is 5.26 Å². The second kappa shape index (κ2) is 6.20. The van der Waals surface area contributed by atoms with Crippen molar-refractivity contribution < 1.29 is 19.0 Å². The van der Waals surface area contributed by atoms with Gasteiger partial charge in [-0.3, -0.25) is 4.79 Å². The number of carbonyl (C=O) groups is 1. The van der Waals surface area contributed by atoms with E-state index in [9.17, 15) is 14.4 Å². The zero-order valence-corrected chi connectivity index (χ0v) is 13.0. The standard InChI is InChI=1S/C18H15FN2O3/c1-24-17-7-12(2-4-15(17)19)11-3-5-16(13(6-11)8-20)21-9-14(10-21)18(22)23/h2-7,14H,9-10H2,1H3,(H,22,23). The fourth-order valence-electron chi connectivity index (χ4n) is 2.75. The number of carboxylic acid groups (broad SMARTS) is 1. The number of anilines is 1. The zero-order valence-electron chi connectivity index (χ0n) is 13.0. The summed E-state index contributed by atoms with van der Waals surface area (Å²) in [5.74, 6) is -1.52. The summed E-state index contributed by atoms with van der Waals surface area (Å²) in [4.78, 5) is 12.8. The maximum atomic E-state index is 13.5. The first-order chi connectivity index (χ1) is 11.5. The molecule has 0 atom stereocenters. The van der Waals surface area contributed by atoms with Gasteiger partial charge in [0, 0.05) is 13.1 Å². The Kier molecular flexibility index (Phi) is 4.09. The maximum Gasteiger partial charge on any atom is 0.310 e. The molecule has 5 nitrogen and oxygen atoms in total. The number of hydrogen-bond donors (Lipinski definition) is 1. The van der Waals surface area contributed by atoms with Gasteiger partial charge < -0.3 is 14.7 Å². The molecule has 0 bridgehead atoms. The van der Waals surface area contributed by atoms with Crippen LogP contribution in [0, 0.1) is 23.1 Å². The van der Waals surface area contributed by atoms with Gasteiger partial charge in [-0.25, -0.2) is 4.39 Å². The predicted molar refractivity (Wildman–Crippen MR) is 86.4 cm³/mol. The molecule has 0 aliphatic carbocycles. The summed E-state index contributed by atoms with van der Waals surface area (Å²) in [7, 11) is 1.40. The van der Waals surface area contributed by atoms with Crippen LogP contribution < -0.4 is 9.64 Å². The van der Waals surface area contributed by atoms with Crippen LogP contribution in [-0.2, 0) is 4.79 Å². The molecular weight excluding hydrogens is 311 g/mol. The molecule has 1 saturated heterocycles. The SMILES string of the molecule is COc1cc(-c2ccc(N3CC(C(=O)O)C3)c(C#N)c2)ccc1F. The van der Waals surface area contributed by atoms with E-state index in [1.807, 2.05) is 11.0 Å². The van der Waals surface area contributed by atoms with E-state index in [-0.39, 0.29) is 5.75 Å². The third-order valence-corrected chi connectivity index (χ3v) is 4.17. The number of ether oxygens (including phenoxy) is 1. The van der Waals surface area contributed by atoms with Gasteiger partial charge in [-0.2, -0.15) is 5.26 Å². The summed E-state index contributed by atoms with van der Waals surface area (Å²) in [5.41, 5.74) is 2.68. The third-order valence-electron chi connectivity index (χ3n) is 4.17. The molecule has 0 unspecified atom stereocenters. The van der Waals surface area contributed by atoms with Crippen molar-refractivity contribution >= 4 is 11.7 Å². The minimum Gasteiger partial charge on any atom is -0.494 e. The number of carboxylic acids is 1. The quantitative estimate of drug-likeness (QED) is 0.935. The molecule has 1 aliphatic heterocycles. The van der Waals surface area contributed by atoms with Crippen LogP contribution in [0.15, 0.2) is 36.4 Å². The van der Waals surface area contributed by atoms with Gasteiger partial charge in [-0.1, -0.05) is 12.1 Å². The summed E-state index contributed by atoms with van der Waals surface area (Å²) < 4.78 is 18.5. The summed E-state index contributed by atoms with van der Waals surface area (Å²) in [6.45, 7) is 0.793. The van der Waals surface area contributed by atoms with Gasteiger partial charge in [-0.05, 0) is 35.4 Å². The van der Waals surface area contributed by atoms with Crippen LogP contribution in [0.1, 0.15) is 5.56 Å². The average molecular weight is 326 g/mol. The Hall–Kier alpha value is -3.07. The highest BCUT2D eigenvalue weighted by Crippen LogP contribution is 2.33. The second-order valence-electron chi connectivity index (χ2n) is 5.63. The fourth-order valence-corrected chi connectivity index (χ4v) is 2.75. The lowest BCUT2D eigenvalue weighted by Gasteiger charge is -2.39. The Balaban J connectivity index is 1.90. The van der Waals surface area contributed by atoms with Crippen LogP contribution >= 0.6 is 0 Å². The minimum absolute atomic E-state index is 0.141. The van der Waals surface area contributed by atoms with Crippen molar-refractivity contribution in [1.82, 2.24) is 0 Å². The first kappa shape index (κ1) is 15.8. The van der Waals surface area contributed by atoms with E-state index < -0.39 is 17.7 Å². The molecule has 0 aromatic heterocycles. The van der Waals surface area contributed by atoms with Crippen LogP contribution in [0.4, 0.5) is 10.1 Å². The second-order valence-corrected chi connectivity index (χ2v) is 5.63. The smallest absolute Gasteiger partial charge is 0.310 e. The molecule has 122 valence electrons. The van der Waals surface area contributed by atoms with Crippen LogP contribution in [0.25, 0.3) is 11.1 Å². The van der Waals surface area contributed by atoms with Crippen molar-refractivity contribution in [2.24, 2.45) is 5.92 Å².